The summed E-state index contributed by atoms with van der Waals surface area (Å²) in [5, 5.41) is 2.90. The summed E-state index contributed by atoms with van der Waals surface area (Å²) in [6, 6.07) is 5.12. The van der Waals surface area contributed by atoms with E-state index in [0.717, 1.165) is 19.3 Å². The minimum Gasteiger partial charge on any atom is -0.496 e. The first kappa shape index (κ1) is 16.1. The van der Waals surface area contributed by atoms with Crippen LogP contribution in [0.3, 0.4) is 0 Å². The maximum atomic E-state index is 12.3. The Bertz CT molecular complexity index is 594. The average Bonchev–Trinajstić information content (AvgIpc) is 2.54. The number of anilines is 1. The van der Waals surface area contributed by atoms with Crippen LogP contribution in [-0.2, 0) is 4.79 Å². The molecule has 2 rings (SSSR count). The maximum Gasteiger partial charge on any atom is 0.257 e. The predicted octanol–water partition coefficient (Wildman–Crippen LogP) is 2.69. The van der Waals surface area contributed by atoms with Crippen molar-refractivity contribution in [2.75, 3.05) is 26.5 Å². The van der Waals surface area contributed by atoms with Crippen LogP contribution in [0.1, 0.15) is 29.6 Å². The van der Waals surface area contributed by atoms with Crippen LogP contribution >= 0.6 is 0 Å². The zero-order valence-corrected chi connectivity index (χ0v) is 13.3. The summed E-state index contributed by atoms with van der Waals surface area (Å²) >= 11 is 0. The largest absolute Gasteiger partial charge is 0.496 e. The highest BCUT2D eigenvalue weighted by molar-refractivity contribution is 5.99. The summed E-state index contributed by atoms with van der Waals surface area (Å²) in [6.07, 6.45) is 6.71. The minimum absolute atomic E-state index is 0.0000944. The van der Waals surface area contributed by atoms with E-state index in [9.17, 15) is 9.59 Å². The third kappa shape index (κ3) is 3.67. The van der Waals surface area contributed by atoms with Crippen LogP contribution in [0.5, 0.6) is 5.75 Å². The zero-order chi connectivity index (χ0) is 16.1. The molecule has 0 spiro atoms. The van der Waals surface area contributed by atoms with Gasteiger partial charge in [-0.15, -0.1) is 0 Å². The van der Waals surface area contributed by atoms with E-state index in [-0.39, 0.29) is 17.7 Å². The monoisotopic (exact) mass is 302 g/mol. The van der Waals surface area contributed by atoms with Crippen LogP contribution in [0.4, 0.5) is 5.69 Å². The number of benzene rings is 1. The number of hydrogen-bond acceptors (Lipinski definition) is 3. The summed E-state index contributed by atoms with van der Waals surface area (Å²) in [5.41, 5.74) is 1.05. The van der Waals surface area contributed by atoms with Gasteiger partial charge >= 0.3 is 0 Å². The number of amides is 2. The van der Waals surface area contributed by atoms with Crippen LogP contribution in [0.2, 0.25) is 0 Å². The lowest BCUT2D eigenvalue weighted by atomic mass is 9.93. The first-order valence-corrected chi connectivity index (χ1v) is 7.38. The Morgan fingerprint density at radius 1 is 1.27 bits per heavy atom. The van der Waals surface area contributed by atoms with Gasteiger partial charge in [-0.25, -0.2) is 0 Å². The second-order valence-corrected chi connectivity index (χ2v) is 5.59. The molecule has 0 aliphatic heterocycles. The van der Waals surface area contributed by atoms with E-state index in [2.05, 4.69) is 11.4 Å². The Labute approximate surface area is 130 Å². The van der Waals surface area contributed by atoms with Gasteiger partial charge in [0.05, 0.1) is 12.7 Å². The van der Waals surface area contributed by atoms with Crippen molar-refractivity contribution in [2.24, 2.45) is 5.92 Å². The Kier molecular flexibility index (Phi) is 5.20. The van der Waals surface area contributed by atoms with E-state index >= 15 is 0 Å². The van der Waals surface area contributed by atoms with E-state index < -0.39 is 0 Å². The number of hydrogen-bond donors (Lipinski definition) is 1. The molecule has 0 fully saturated rings. The highest BCUT2D eigenvalue weighted by Gasteiger charge is 2.20. The van der Waals surface area contributed by atoms with Gasteiger partial charge in [0.1, 0.15) is 5.75 Å². The van der Waals surface area contributed by atoms with Crippen molar-refractivity contribution in [1.82, 2.24) is 4.90 Å². The number of ether oxygens (including phenoxy) is 1. The summed E-state index contributed by atoms with van der Waals surface area (Å²) in [5.74, 6) is 0.337. The molecule has 22 heavy (non-hydrogen) atoms. The van der Waals surface area contributed by atoms with Crippen molar-refractivity contribution >= 4 is 17.5 Å². The Morgan fingerprint density at radius 3 is 2.64 bits per heavy atom. The van der Waals surface area contributed by atoms with Crippen LogP contribution < -0.4 is 10.1 Å². The van der Waals surface area contributed by atoms with E-state index in [1.807, 2.05) is 6.08 Å². The van der Waals surface area contributed by atoms with Gasteiger partial charge in [-0.3, -0.25) is 9.59 Å². The smallest absolute Gasteiger partial charge is 0.257 e. The van der Waals surface area contributed by atoms with Gasteiger partial charge in [-0.1, -0.05) is 12.2 Å². The molecule has 0 saturated carbocycles. The fourth-order valence-corrected chi connectivity index (χ4v) is 2.47. The first-order chi connectivity index (χ1) is 10.5. The number of nitrogens with zero attached hydrogens (tertiary/aromatic N) is 1. The molecule has 5 heteroatoms. The van der Waals surface area contributed by atoms with Crippen LogP contribution in [0, 0.1) is 5.92 Å². The van der Waals surface area contributed by atoms with Crippen molar-refractivity contribution in [2.45, 2.75) is 19.3 Å². The van der Waals surface area contributed by atoms with E-state index in [1.54, 1.807) is 32.3 Å². The van der Waals surface area contributed by atoms with Crippen LogP contribution in [0.15, 0.2) is 30.4 Å². The molecule has 5 nitrogen and oxygen atoms in total. The molecular weight excluding hydrogens is 280 g/mol. The quantitative estimate of drug-likeness (QED) is 0.870. The van der Waals surface area contributed by atoms with Gasteiger partial charge in [0.15, 0.2) is 0 Å². The predicted molar refractivity (Wildman–Crippen MR) is 86.1 cm³/mol. The molecule has 1 atom stereocenters. The number of nitrogens with one attached hydrogen (secondary N) is 1. The van der Waals surface area contributed by atoms with Gasteiger partial charge in [-0.05, 0) is 37.5 Å². The summed E-state index contributed by atoms with van der Waals surface area (Å²) in [6.45, 7) is 0. The van der Waals surface area contributed by atoms with E-state index in [4.69, 9.17) is 4.74 Å². The van der Waals surface area contributed by atoms with E-state index in [1.165, 1.54) is 12.0 Å². The molecule has 1 unspecified atom stereocenters. The normalized spacial score (nSPS) is 17.0. The third-order valence-electron chi connectivity index (χ3n) is 3.74. The highest BCUT2D eigenvalue weighted by atomic mass is 16.5. The van der Waals surface area contributed by atoms with Gasteiger partial charge in [0, 0.05) is 25.7 Å². The van der Waals surface area contributed by atoms with Gasteiger partial charge in [0.2, 0.25) is 5.91 Å². The fourth-order valence-electron chi connectivity index (χ4n) is 2.47. The number of methoxy groups -OCH3 is 1. The Balaban J connectivity index is 2.17. The maximum absolute atomic E-state index is 12.3. The molecular formula is C17H22N2O3. The molecule has 0 bridgehead atoms. The van der Waals surface area contributed by atoms with Gasteiger partial charge in [-0.2, -0.15) is 0 Å². The zero-order valence-electron chi connectivity index (χ0n) is 13.3. The molecule has 118 valence electrons. The lowest BCUT2D eigenvalue weighted by molar-refractivity contribution is -0.120. The molecule has 0 radical (unpaired) electrons. The Morgan fingerprint density at radius 2 is 2.05 bits per heavy atom. The Hall–Kier alpha value is -2.30. The lowest BCUT2D eigenvalue weighted by Gasteiger charge is -2.18. The molecule has 1 aliphatic rings. The first-order valence-electron chi connectivity index (χ1n) is 7.38. The number of carbonyl (C=O) groups is 2. The standard InChI is InChI=1S/C17H22N2O3/c1-19(2)17(21)14-11-13(9-10-15(14)22-3)18-16(20)12-7-5-4-6-8-12/h4-5,9-12H,6-8H2,1-3H3,(H,18,20). The van der Waals surface area contributed by atoms with Crippen molar-refractivity contribution in [1.29, 1.82) is 0 Å². The number of rotatable bonds is 4. The molecule has 0 heterocycles. The molecule has 2 amide bonds. The second-order valence-electron chi connectivity index (χ2n) is 5.59. The van der Waals surface area contributed by atoms with Crippen molar-refractivity contribution in [3.8, 4) is 5.75 Å². The minimum atomic E-state index is -0.159. The van der Waals surface area contributed by atoms with Gasteiger partial charge in [0.25, 0.3) is 5.91 Å². The van der Waals surface area contributed by atoms with E-state index in [0.29, 0.717) is 17.0 Å². The fraction of sp³-hybridized carbons (Fsp3) is 0.412. The van der Waals surface area contributed by atoms with Crippen LogP contribution in [-0.4, -0.2) is 37.9 Å². The van der Waals surface area contributed by atoms with Crippen molar-refractivity contribution in [3.05, 3.63) is 35.9 Å². The summed E-state index contributed by atoms with van der Waals surface area (Å²) in [4.78, 5) is 25.9. The molecule has 1 N–H and O–H groups in total. The number of allylic oxidation sites excluding steroid dienone is 2. The topological polar surface area (TPSA) is 58.6 Å². The average molecular weight is 302 g/mol. The second kappa shape index (κ2) is 7.11. The molecule has 0 aromatic heterocycles. The molecule has 1 aliphatic carbocycles. The molecule has 1 aromatic carbocycles. The van der Waals surface area contributed by atoms with Gasteiger partial charge < -0.3 is 15.0 Å². The summed E-state index contributed by atoms with van der Waals surface area (Å²) in [7, 11) is 4.89. The third-order valence-corrected chi connectivity index (χ3v) is 3.74. The lowest BCUT2D eigenvalue weighted by Crippen LogP contribution is -2.25. The van der Waals surface area contributed by atoms with Crippen molar-refractivity contribution < 1.29 is 14.3 Å². The highest BCUT2D eigenvalue weighted by Crippen LogP contribution is 2.25. The molecule has 1 aromatic rings. The molecule has 0 saturated heterocycles. The van der Waals surface area contributed by atoms with Crippen LogP contribution in [0.25, 0.3) is 0 Å². The number of carbonyl (C=O) groups excluding carboxylic acids is 2. The summed E-state index contributed by atoms with van der Waals surface area (Å²) < 4.78 is 5.22. The SMILES string of the molecule is COc1ccc(NC(=O)C2CC=CCC2)cc1C(=O)N(C)C. The van der Waals surface area contributed by atoms with Crippen molar-refractivity contribution in [3.63, 3.8) is 0 Å².